The fourth-order valence-electron chi connectivity index (χ4n) is 2.72. The third kappa shape index (κ3) is 2.44. The van der Waals surface area contributed by atoms with Crippen molar-refractivity contribution in [2.75, 3.05) is 7.11 Å². The highest BCUT2D eigenvalue weighted by Crippen LogP contribution is 2.27. The number of hydrogen-bond acceptors (Lipinski definition) is 3. The van der Waals surface area contributed by atoms with Gasteiger partial charge in [-0.25, -0.2) is 0 Å². The first-order chi connectivity index (χ1) is 10.2. The van der Waals surface area contributed by atoms with E-state index < -0.39 is 5.97 Å². The molecule has 0 saturated heterocycles. The molecule has 108 valence electrons. The summed E-state index contributed by atoms with van der Waals surface area (Å²) in [5, 5.41) is 10.9. The number of benzene rings is 1. The Hall–Kier alpha value is -2.49. The van der Waals surface area contributed by atoms with Crippen LogP contribution in [0, 0.1) is 0 Å². The van der Waals surface area contributed by atoms with E-state index in [0.717, 1.165) is 27.5 Å². The van der Waals surface area contributed by atoms with Crippen molar-refractivity contribution in [1.29, 1.82) is 0 Å². The lowest BCUT2D eigenvalue weighted by molar-refractivity contribution is -0.137. The van der Waals surface area contributed by atoms with Gasteiger partial charge in [-0.1, -0.05) is 30.3 Å². The van der Waals surface area contributed by atoms with Crippen molar-refractivity contribution in [3.8, 4) is 0 Å². The van der Waals surface area contributed by atoms with Crippen molar-refractivity contribution in [1.82, 2.24) is 0 Å². The predicted octanol–water partition coefficient (Wildman–Crippen LogP) is 1.31. The third-order valence-electron chi connectivity index (χ3n) is 3.66. The number of allylic oxidation sites excluding steroid dienone is 2. The van der Waals surface area contributed by atoms with Crippen LogP contribution in [0.4, 0.5) is 0 Å². The summed E-state index contributed by atoms with van der Waals surface area (Å²) in [7, 11) is 1.64. The Kier molecular flexibility index (Phi) is 3.52. The van der Waals surface area contributed by atoms with Crippen molar-refractivity contribution >= 4 is 17.3 Å². The number of rotatable bonds is 4. The van der Waals surface area contributed by atoms with Gasteiger partial charge < -0.3 is 14.6 Å². The van der Waals surface area contributed by atoms with Crippen LogP contribution in [0.5, 0.6) is 0 Å². The molecule has 0 radical (unpaired) electrons. The van der Waals surface area contributed by atoms with Crippen molar-refractivity contribution < 1.29 is 19.4 Å². The van der Waals surface area contributed by atoms with Crippen molar-refractivity contribution in [2.24, 2.45) is 0 Å². The molecule has 0 aromatic heterocycles. The maximum Gasteiger partial charge on any atom is 0.303 e. The molecule has 1 aliphatic carbocycles. The van der Waals surface area contributed by atoms with Gasteiger partial charge in [0.25, 0.3) is 0 Å². The Bertz CT molecular complexity index is 755. The van der Waals surface area contributed by atoms with E-state index in [0.29, 0.717) is 6.42 Å². The van der Waals surface area contributed by atoms with Crippen LogP contribution in [0.2, 0.25) is 0 Å². The van der Waals surface area contributed by atoms with Crippen LogP contribution in [0.3, 0.4) is 0 Å². The standard InChI is InChI=1S/C17H16O4/c1-20-14-7-4-8-15-17(14)12-6-3-2-5-11(12)13(21-15)9-10-16(18)19/h2-8,15H,9-10H2,1H3,(H,18,19). The zero-order valence-corrected chi connectivity index (χ0v) is 11.7. The second-order valence-corrected chi connectivity index (χ2v) is 4.93. The molecule has 0 spiro atoms. The normalized spacial score (nSPS) is 19.3. The molecule has 3 rings (SSSR count). The summed E-state index contributed by atoms with van der Waals surface area (Å²) >= 11 is 0. The van der Waals surface area contributed by atoms with E-state index in [1.165, 1.54) is 0 Å². The van der Waals surface area contributed by atoms with Crippen molar-refractivity contribution in [3.63, 3.8) is 0 Å². The van der Waals surface area contributed by atoms with Crippen LogP contribution >= 0.6 is 0 Å². The van der Waals surface area contributed by atoms with E-state index in [9.17, 15) is 4.79 Å². The van der Waals surface area contributed by atoms with Crippen LogP contribution in [0.1, 0.15) is 12.8 Å². The summed E-state index contributed by atoms with van der Waals surface area (Å²) in [6, 6.07) is 7.88. The zero-order valence-electron chi connectivity index (χ0n) is 11.7. The number of carbonyl (C=O) groups is 1. The van der Waals surface area contributed by atoms with Crippen LogP contribution in [0.15, 0.2) is 48.3 Å². The molecule has 4 nitrogen and oxygen atoms in total. The van der Waals surface area contributed by atoms with Gasteiger partial charge in [-0.15, -0.1) is 0 Å². The van der Waals surface area contributed by atoms with Gasteiger partial charge in [0.15, 0.2) is 0 Å². The Morgan fingerprint density at radius 2 is 2.10 bits per heavy atom. The maximum absolute atomic E-state index is 10.8. The second-order valence-electron chi connectivity index (χ2n) is 4.93. The minimum absolute atomic E-state index is 0.0579. The summed E-state index contributed by atoms with van der Waals surface area (Å²) in [6.45, 7) is 0. The number of hydrogen-bond donors (Lipinski definition) is 1. The topological polar surface area (TPSA) is 55.8 Å². The number of ether oxygens (including phenoxy) is 2. The van der Waals surface area contributed by atoms with Gasteiger partial charge in [-0.05, 0) is 17.4 Å². The predicted molar refractivity (Wildman–Crippen MR) is 78.5 cm³/mol. The molecule has 1 aromatic rings. The average molecular weight is 284 g/mol. The molecule has 0 saturated carbocycles. The summed E-state index contributed by atoms with van der Waals surface area (Å²) < 4.78 is 11.4. The first kappa shape index (κ1) is 13.5. The average Bonchev–Trinajstić information content (AvgIpc) is 2.51. The monoisotopic (exact) mass is 284 g/mol. The molecular formula is C17H16O4. The lowest BCUT2D eigenvalue weighted by Gasteiger charge is -2.28. The molecule has 1 aromatic carbocycles. The van der Waals surface area contributed by atoms with Gasteiger partial charge in [-0.2, -0.15) is 0 Å². The highest BCUT2D eigenvalue weighted by molar-refractivity contribution is 5.73. The summed E-state index contributed by atoms with van der Waals surface area (Å²) in [4.78, 5) is 10.8. The molecule has 4 heteroatoms. The lowest BCUT2D eigenvalue weighted by Crippen LogP contribution is -2.39. The van der Waals surface area contributed by atoms with E-state index in [1.807, 2.05) is 42.5 Å². The summed E-state index contributed by atoms with van der Waals surface area (Å²) in [6.07, 6.45) is 5.99. The minimum Gasteiger partial charge on any atom is -0.496 e. The Morgan fingerprint density at radius 1 is 1.33 bits per heavy atom. The van der Waals surface area contributed by atoms with Crippen LogP contribution < -0.4 is 10.4 Å². The van der Waals surface area contributed by atoms with Crippen LogP contribution in [-0.2, 0) is 14.3 Å². The third-order valence-corrected chi connectivity index (χ3v) is 3.66. The first-order valence-corrected chi connectivity index (χ1v) is 6.84. The Labute approximate surface area is 122 Å². The van der Waals surface area contributed by atoms with Crippen LogP contribution in [0.25, 0.3) is 11.3 Å². The maximum atomic E-state index is 10.8. The summed E-state index contributed by atoms with van der Waals surface area (Å²) in [5.74, 6) is 0.686. The van der Waals surface area contributed by atoms with Gasteiger partial charge in [0, 0.05) is 17.2 Å². The molecule has 21 heavy (non-hydrogen) atoms. The first-order valence-electron chi connectivity index (χ1n) is 6.84. The molecule has 1 unspecified atom stereocenters. The van der Waals surface area contributed by atoms with Crippen LogP contribution in [-0.4, -0.2) is 24.3 Å². The molecule has 1 aliphatic heterocycles. The van der Waals surface area contributed by atoms with E-state index in [4.69, 9.17) is 14.6 Å². The SMILES string of the molecule is COC1=CC=CC2OC(CCC(=O)O)=c3ccccc3=C12. The van der Waals surface area contributed by atoms with Crippen molar-refractivity contribution in [3.05, 3.63) is 58.7 Å². The minimum atomic E-state index is -0.824. The van der Waals surface area contributed by atoms with E-state index in [-0.39, 0.29) is 12.5 Å². The zero-order chi connectivity index (χ0) is 14.8. The molecule has 1 atom stereocenters. The number of fused-ring (bicyclic) bond motifs is 2. The molecule has 2 aliphatic rings. The number of methoxy groups -OCH3 is 1. The van der Waals surface area contributed by atoms with Gasteiger partial charge >= 0.3 is 5.97 Å². The molecule has 1 N–H and O–H groups in total. The molecule has 1 heterocycles. The largest absolute Gasteiger partial charge is 0.496 e. The highest BCUT2D eigenvalue weighted by Gasteiger charge is 2.26. The Morgan fingerprint density at radius 3 is 2.81 bits per heavy atom. The highest BCUT2D eigenvalue weighted by atomic mass is 16.5. The van der Waals surface area contributed by atoms with Gasteiger partial charge in [0.1, 0.15) is 17.6 Å². The number of carboxylic acid groups (broad SMARTS) is 1. The van der Waals surface area contributed by atoms with Gasteiger partial charge in [0.2, 0.25) is 0 Å². The quantitative estimate of drug-likeness (QED) is 0.905. The van der Waals surface area contributed by atoms with Crippen molar-refractivity contribution in [2.45, 2.75) is 18.9 Å². The fourth-order valence-corrected chi connectivity index (χ4v) is 2.72. The smallest absolute Gasteiger partial charge is 0.303 e. The molecular weight excluding hydrogens is 268 g/mol. The van der Waals surface area contributed by atoms with E-state index >= 15 is 0 Å². The van der Waals surface area contributed by atoms with E-state index in [1.54, 1.807) is 7.11 Å². The summed E-state index contributed by atoms with van der Waals surface area (Å²) in [5.41, 5.74) is 0.995. The second kappa shape index (κ2) is 5.48. The number of carboxylic acids is 1. The lowest BCUT2D eigenvalue weighted by atomic mass is 9.95. The van der Waals surface area contributed by atoms with Gasteiger partial charge in [-0.3, -0.25) is 4.79 Å². The molecule has 0 fully saturated rings. The molecule has 0 amide bonds. The Balaban J connectivity index is 2.20. The van der Waals surface area contributed by atoms with E-state index in [2.05, 4.69) is 0 Å². The fraction of sp³-hybridized carbons (Fsp3) is 0.235. The number of aliphatic carboxylic acids is 1. The van der Waals surface area contributed by atoms with Gasteiger partial charge in [0.05, 0.1) is 13.5 Å². The molecule has 0 bridgehead atoms.